The van der Waals surface area contributed by atoms with Gasteiger partial charge in [-0.15, -0.1) is 0 Å². The van der Waals surface area contributed by atoms with Crippen LogP contribution in [-0.4, -0.2) is 62.9 Å². The Hall–Kier alpha value is -3.49. The van der Waals surface area contributed by atoms with Crippen molar-refractivity contribution < 1.29 is 13.9 Å². The summed E-state index contributed by atoms with van der Waals surface area (Å²) < 4.78 is 19.9. The summed E-state index contributed by atoms with van der Waals surface area (Å²) in [5, 5.41) is 3.18. The fraction of sp³-hybridized carbons (Fsp3) is 0.417. The van der Waals surface area contributed by atoms with Gasteiger partial charge in [-0.25, -0.2) is 4.39 Å². The first-order valence-electron chi connectivity index (χ1n) is 11.0. The van der Waals surface area contributed by atoms with E-state index in [0.717, 1.165) is 25.0 Å². The maximum Gasteiger partial charge on any atom is 0.254 e. The van der Waals surface area contributed by atoms with Gasteiger partial charge >= 0.3 is 0 Å². The topological polar surface area (TPSA) is 109 Å². The van der Waals surface area contributed by atoms with Gasteiger partial charge in [0.1, 0.15) is 5.82 Å². The Bertz CT molecular complexity index is 1030. The predicted molar refractivity (Wildman–Crippen MR) is 128 cm³/mol. The molecule has 9 heteroatoms. The first kappa shape index (κ1) is 24.2. The van der Waals surface area contributed by atoms with Gasteiger partial charge in [-0.2, -0.15) is 0 Å². The summed E-state index contributed by atoms with van der Waals surface area (Å²) in [6.45, 7) is 0.844. The summed E-state index contributed by atoms with van der Waals surface area (Å²) >= 11 is 0. The Morgan fingerprint density at radius 3 is 2.76 bits per heavy atom. The Morgan fingerprint density at radius 1 is 1.36 bits per heavy atom. The smallest absolute Gasteiger partial charge is 0.254 e. The Morgan fingerprint density at radius 2 is 2.12 bits per heavy atom. The number of amides is 1. The Labute approximate surface area is 194 Å². The van der Waals surface area contributed by atoms with Crippen LogP contribution in [0.15, 0.2) is 58.1 Å². The molecular formula is C24H33FN6O2. The SMILES string of the molecule is CN=C(OC)C1=C(N)CN(C)C(=O)c2ccc(F)cc2C2CCCCN2C(=CN)C=C1NC. The number of carbonyl (C=O) groups is 1. The third-order valence-corrected chi connectivity index (χ3v) is 6.12. The molecule has 1 unspecified atom stereocenters. The number of nitrogens with two attached hydrogens (primary N) is 2. The van der Waals surface area contributed by atoms with Crippen molar-refractivity contribution in [2.75, 3.05) is 41.3 Å². The highest BCUT2D eigenvalue weighted by molar-refractivity contribution is 5.99. The van der Waals surface area contributed by atoms with E-state index in [4.69, 9.17) is 16.2 Å². The number of hydrogen-bond acceptors (Lipinski definition) is 7. The second kappa shape index (κ2) is 10.4. The van der Waals surface area contributed by atoms with Gasteiger partial charge in [0.2, 0.25) is 5.90 Å². The summed E-state index contributed by atoms with van der Waals surface area (Å²) in [6.07, 6.45) is 6.12. The number of nitrogens with one attached hydrogen (secondary N) is 1. The van der Waals surface area contributed by atoms with Crippen LogP contribution in [0.25, 0.3) is 0 Å². The molecular weight excluding hydrogens is 423 g/mol. The predicted octanol–water partition coefficient (Wildman–Crippen LogP) is 2.23. The van der Waals surface area contributed by atoms with Gasteiger partial charge in [0.25, 0.3) is 5.91 Å². The maximum atomic E-state index is 14.4. The van der Waals surface area contributed by atoms with E-state index in [1.165, 1.54) is 30.3 Å². The number of allylic oxidation sites excluding steroid dienone is 1. The molecule has 3 rings (SSSR count). The Kier molecular flexibility index (Phi) is 7.63. The lowest BCUT2D eigenvalue weighted by molar-refractivity contribution is 0.0801. The molecule has 178 valence electrons. The molecule has 1 saturated heterocycles. The minimum atomic E-state index is -0.378. The number of likely N-dealkylation sites (N-methyl/N-ethyl adjacent to an activating group) is 2. The molecule has 1 amide bonds. The number of fused-ring (bicyclic) bond motifs is 3. The van der Waals surface area contributed by atoms with E-state index < -0.39 is 0 Å². The maximum absolute atomic E-state index is 14.4. The molecule has 0 radical (unpaired) electrons. The number of rotatable bonds is 2. The average molecular weight is 457 g/mol. The molecule has 0 saturated carbocycles. The molecule has 2 aliphatic heterocycles. The van der Waals surface area contributed by atoms with Gasteiger partial charge in [0.05, 0.1) is 36.7 Å². The van der Waals surface area contributed by atoms with Crippen LogP contribution in [0.2, 0.25) is 0 Å². The van der Waals surface area contributed by atoms with E-state index in [0.29, 0.717) is 40.5 Å². The van der Waals surface area contributed by atoms with Crippen LogP contribution in [0.4, 0.5) is 4.39 Å². The van der Waals surface area contributed by atoms with Crippen molar-refractivity contribution >= 4 is 11.8 Å². The van der Waals surface area contributed by atoms with E-state index in [2.05, 4.69) is 15.2 Å². The second-order valence-electron chi connectivity index (χ2n) is 8.13. The molecule has 2 heterocycles. The quantitative estimate of drug-likeness (QED) is 0.465. The van der Waals surface area contributed by atoms with Crippen LogP contribution in [0.3, 0.4) is 0 Å². The molecule has 0 aliphatic carbocycles. The molecule has 1 aromatic carbocycles. The number of ether oxygens (including phenoxy) is 1. The van der Waals surface area contributed by atoms with Gasteiger partial charge < -0.3 is 31.3 Å². The molecule has 5 N–H and O–H groups in total. The second-order valence-corrected chi connectivity index (χ2v) is 8.13. The van der Waals surface area contributed by atoms with Crippen LogP contribution in [0.1, 0.15) is 41.2 Å². The van der Waals surface area contributed by atoms with Crippen molar-refractivity contribution in [3.8, 4) is 0 Å². The Balaban J connectivity index is 2.31. The zero-order valence-electron chi connectivity index (χ0n) is 19.7. The van der Waals surface area contributed by atoms with Crippen LogP contribution < -0.4 is 16.8 Å². The number of carbonyl (C=O) groups excluding carboxylic acids is 1. The molecule has 0 bridgehead atoms. The van der Waals surface area contributed by atoms with Crippen molar-refractivity contribution in [3.63, 3.8) is 0 Å². The summed E-state index contributed by atoms with van der Waals surface area (Å²) in [5.74, 6) is -0.281. The summed E-state index contributed by atoms with van der Waals surface area (Å²) in [4.78, 5) is 21.4. The number of aliphatic imine (C=N–C) groups is 1. The van der Waals surface area contributed by atoms with E-state index in [1.807, 2.05) is 6.08 Å². The highest BCUT2D eigenvalue weighted by Gasteiger charge is 2.31. The lowest BCUT2D eigenvalue weighted by atomic mass is 9.90. The van der Waals surface area contributed by atoms with Gasteiger partial charge in [-0.3, -0.25) is 9.79 Å². The lowest BCUT2D eigenvalue weighted by Crippen LogP contribution is -2.38. The number of methoxy groups -OCH3 is 1. The van der Waals surface area contributed by atoms with Crippen LogP contribution >= 0.6 is 0 Å². The zero-order chi connectivity index (χ0) is 24.1. The van der Waals surface area contributed by atoms with Gasteiger partial charge in [-0.1, -0.05) is 0 Å². The first-order valence-corrected chi connectivity index (χ1v) is 11.0. The van der Waals surface area contributed by atoms with Crippen molar-refractivity contribution in [3.05, 3.63) is 70.1 Å². The summed E-state index contributed by atoms with van der Waals surface area (Å²) in [6, 6.07) is 4.14. The van der Waals surface area contributed by atoms with Gasteiger partial charge in [0, 0.05) is 45.1 Å². The van der Waals surface area contributed by atoms with Gasteiger partial charge in [0.15, 0.2) is 0 Å². The standard InChI is InChI=1S/C24H33FN6O2/c1-28-20-12-16(13-26)31-10-6-5-7-21(31)18-11-15(25)8-9-17(18)24(32)30(3)14-19(27)22(20)23(29-2)33-4/h8-9,11-13,21,28H,5-7,10,14,26-27H2,1-4H3. The minimum absolute atomic E-state index is 0.127. The molecule has 8 nitrogen and oxygen atoms in total. The molecule has 1 aromatic rings. The third kappa shape index (κ3) is 4.81. The van der Waals surface area contributed by atoms with Crippen LogP contribution in [-0.2, 0) is 4.74 Å². The molecule has 1 atom stereocenters. The first-order chi connectivity index (χ1) is 15.9. The average Bonchev–Trinajstić information content (AvgIpc) is 2.82. The highest BCUT2D eigenvalue weighted by Crippen LogP contribution is 2.37. The van der Waals surface area contributed by atoms with E-state index in [-0.39, 0.29) is 24.3 Å². The van der Waals surface area contributed by atoms with Gasteiger partial charge in [-0.05, 0) is 49.1 Å². The number of hydrogen-bond donors (Lipinski definition) is 3. The van der Waals surface area contributed by atoms with Crippen molar-refractivity contribution in [2.24, 2.45) is 16.5 Å². The molecule has 1 fully saturated rings. The number of halogens is 1. The normalized spacial score (nSPS) is 21.7. The number of nitrogens with zero attached hydrogens (tertiary/aromatic N) is 3. The van der Waals surface area contributed by atoms with Crippen LogP contribution in [0, 0.1) is 5.82 Å². The minimum Gasteiger partial charge on any atom is -0.481 e. The number of piperidine rings is 1. The fourth-order valence-electron chi connectivity index (χ4n) is 4.55. The lowest BCUT2D eigenvalue weighted by Gasteiger charge is -2.40. The van der Waals surface area contributed by atoms with Crippen molar-refractivity contribution in [1.29, 1.82) is 0 Å². The zero-order valence-corrected chi connectivity index (χ0v) is 19.7. The summed E-state index contributed by atoms with van der Waals surface area (Å²) in [5.41, 5.74) is 16.0. The fourth-order valence-corrected chi connectivity index (χ4v) is 4.55. The van der Waals surface area contributed by atoms with E-state index in [9.17, 15) is 9.18 Å². The van der Waals surface area contributed by atoms with Crippen LogP contribution in [0.5, 0.6) is 0 Å². The van der Waals surface area contributed by atoms with Crippen molar-refractivity contribution in [2.45, 2.75) is 25.3 Å². The largest absolute Gasteiger partial charge is 0.481 e. The third-order valence-electron chi connectivity index (χ3n) is 6.12. The summed E-state index contributed by atoms with van der Waals surface area (Å²) in [7, 11) is 6.58. The molecule has 33 heavy (non-hydrogen) atoms. The molecule has 0 spiro atoms. The highest BCUT2D eigenvalue weighted by atomic mass is 19.1. The number of benzene rings is 1. The molecule has 2 aliphatic rings. The van der Waals surface area contributed by atoms with E-state index >= 15 is 0 Å². The monoisotopic (exact) mass is 456 g/mol. The van der Waals surface area contributed by atoms with Crippen molar-refractivity contribution in [1.82, 2.24) is 15.1 Å². The van der Waals surface area contributed by atoms with E-state index in [1.54, 1.807) is 27.2 Å². The molecule has 0 aromatic heterocycles.